The van der Waals surface area contributed by atoms with Crippen molar-refractivity contribution in [3.63, 3.8) is 0 Å². The van der Waals surface area contributed by atoms with Gasteiger partial charge in [-0.3, -0.25) is 4.79 Å². The summed E-state index contributed by atoms with van der Waals surface area (Å²) in [7, 11) is 0. The molecule has 0 unspecified atom stereocenters. The van der Waals surface area contributed by atoms with Crippen LogP contribution in [-0.2, 0) is 0 Å². The Kier molecular flexibility index (Phi) is 4.08. The third kappa shape index (κ3) is 2.89. The topological polar surface area (TPSA) is 131 Å². The molecule has 0 radical (unpaired) electrons. The smallest absolute Gasteiger partial charge is 0.238 e. The van der Waals surface area contributed by atoms with Crippen LogP contribution in [0.25, 0.3) is 33.4 Å². The second-order valence-corrected chi connectivity index (χ2v) is 6.67. The maximum Gasteiger partial charge on any atom is 0.238 e. The molecule has 0 aliphatic carbocycles. The SMILES string of the molecule is Cc1ccc(-c2c(O)cc(O)c3c(=O)c(O)c(-c4ccc(O)c(O)c4)oc23)cc1. The molecule has 0 atom stereocenters. The molecular formula is C22H16O7. The maximum atomic E-state index is 12.8. The first-order chi connectivity index (χ1) is 13.8. The normalized spacial score (nSPS) is 11.1. The summed E-state index contributed by atoms with van der Waals surface area (Å²) in [5.74, 6) is -2.77. The molecule has 1 heterocycles. The minimum atomic E-state index is -0.903. The first-order valence-corrected chi connectivity index (χ1v) is 8.62. The van der Waals surface area contributed by atoms with E-state index < -0.39 is 22.7 Å². The molecule has 0 aliphatic heterocycles. The third-order valence-electron chi connectivity index (χ3n) is 4.68. The number of hydrogen-bond donors (Lipinski definition) is 5. The van der Waals surface area contributed by atoms with Crippen LogP contribution in [0.15, 0.2) is 57.7 Å². The molecule has 0 bridgehead atoms. The van der Waals surface area contributed by atoms with Crippen LogP contribution in [-0.4, -0.2) is 25.5 Å². The molecule has 0 fully saturated rings. The van der Waals surface area contributed by atoms with E-state index in [4.69, 9.17) is 4.42 Å². The largest absolute Gasteiger partial charge is 0.507 e. The quantitative estimate of drug-likeness (QED) is 0.326. The second-order valence-electron chi connectivity index (χ2n) is 6.67. The van der Waals surface area contributed by atoms with Crippen LogP contribution in [0.2, 0.25) is 0 Å². The van der Waals surface area contributed by atoms with Crippen molar-refractivity contribution in [1.29, 1.82) is 0 Å². The summed E-state index contributed by atoms with van der Waals surface area (Å²) >= 11 is 0. The predicted octanol–water partition coefficient (Wildman–Crippen LogP) is 3.96. The van der Waals surface area contributed by atoms with Gasteiger partial charge in [0, 0.05) is 11.6 Å². The number of rotatable bonds is 2. The Hall–Kier alpha value is -4.13. The number of fused-ring (bicyclic) bond motifs is 1. The molecule has 3 aromatic carbocycles. The zero-order valence-corrected chi connectivity index (χ0v) is 15.2. The van der Waals surface area contributed by atoms with E-state index in [-0.39, 0.29) is 39.4 Å². The monoisotopic (exact) mass is 392 g/mol. The van der Waals surface area contributed by atoms with Crippen molar-refractivity contribution in [2.75, 3.05) is 0 Å². The predicted molar refractivity (Wildman–Crippen MR) is 106 cm³/mol. The molecule has 4 rings (SSSR count). The van der Waals surface area contributed by atoms with Crippen LogP contribution in [0.3, 0.4) is 0 Å². The standard InChI is InChI=1S/C22H16O7/c1-10-2-4-11(5-3-10)17-15(25)9-16(26)18-19(27)20(28)21(29-22(17)18)12-6-7-13(23)14(24)8-12/h2-9,23-26,28H,1H3. The van der Waals surface area contributed by atoms with Crippen LogP contribution < -0.4 is 5.43 Å². The fraction of sp³-hybridized carbons (Fsp3) is 0.0455. The van der Waals surface area contributed by atoms with E-state index in [0.29, 0.717) is 5.56 Å². The van der Waals surface area contributed by atoms with E-state index in [1.165, 1.54) is 12.1 Å². The average Bonchev–Trinajstić information content (AvgIpc) is 2.67. The van der Waals surface area contributed by atoms with Gasteiger partial charge in [0.2, 0.25) is 11.2 Å². The van der Waals surface area contributed by atoms with Gasteiger partial charge in [-0.15, -0.1) is 0 Å². The molecule has 0 saturated carbocycles. The molecule has 0 spiro atoms. The Labute approximate surface area is 164 Å². The molecule has 146 valence electrons. The summed E-state index contributed by atoms with van der Waals surface area (Å²) in [6.45, 7) is 1.89. The molecule has 7 nitrogen and oxygen atoms in total. The summed E-state index contributed by atoms with van der Waals surface area (Å²) < 4.78 is 5.77. The van der Waals surface area contributed by atoms with Gasteiger partial charge in [-0.05, 0) is 30.7 Å². The van der Waals surface area contributed by atoms with Gasteiger partial charge >= 0.3 is 0 Å². The van der Waals surface area contributed by atoms with E-state index in [2.05, 4.69) is 0 Å². The van der Waals surface area contributed by atoms with Crippen molar-refractivity contribution >= 4 is 11.0 Å². The Bertz CT molecular complexity index is 1320. The Morgan fingerprint density at radius 1 is 0.724 bits per heavy atom. The van der Waals surface area contributed by atoms with E-state index in [9.17, 15) is 30.3 Å². The molecule has 0 aliphatic rings. The molecule has 1 aromatic heterocycles. The molecular weight excluding hydrogens is 376 g/mol. The summed E-state index contributed by atoms with van der Waals surface area (Å²) in [4.78, 5) is 12.8. The lowest BCUT2D eigenvalue weighted by Crippen LogP contribution is -2.04. The summed E-state index contributed by atoms with van der Waals surface area (Å²) in [6, 6.07) is 11.7. The van der Waals surface area contributed by atoms with Gasteiger partial charge in [0.25, 0.3) is 0 Å². The van der Waals surface area contributed by atoms with Crippen molar-refractivity contribution in [3.8, 4) is 51.2 Å². The van der Waals surface area contributed by atoms with Gasteiger partial charge in [-0.1, -0.05) is 29.8 Å². The van der Waals surface area contributed by atoms with Gasteiger partial charge in [-0.25, -0.2) is 0 Å². The minimum Gasteiger partial charge on any atom is -0.507 e. The average molecular weight is 392 g/mol. The van der Waals surface area contributed by atoms with E-state index in [1.807, 2.05) is 19.1 Å². The number of phenolic OH excluding ortho intramolecular Hbond substituents is 4. The zero-order valence-electron chi connectivity index (χ0n) is 15.2. The van der Waals surface area contributed by atoms with Crippen LogP contribution in [0.5, 0.6) is 28.7 Å². The Balaban J connectivity index is 2.12. The number of hydrogen-bond acceptors (Lipinski definition) is 7. The number of benzene rings is 3. The van der Waals surface area contributed by atoms with Crippen LogP contribution in [0.1, 0.15) is 5.56 Å². The molecule has 0 amide bonds. The first-order valence-electron chi connectivity index (χ1n) is 8.62. The lowest BCUT2D eigenvalue weighted by molar-refractivity contribution is 0.403. The van der Waals surface area contributed by atoms with Gasteiger partial charge in [-0.2, -0.15) is 0 Å². The van der Waals surface area contributed by atoms with Crippen molar-refractivity contribution < 1.29 is 29.9 Å². The Morgan fingerprint density at radius 3 is 2.03 bits per heavy atom. The van der Waals surface area contributed by atoms with Crippen molar-refractivity contribution in [1.82, 2.24) is 0 Å². The van der Waals surface area contributed by atoms with Crippen molar-refractivity contribution in [2.24, 2.45) is 0 Å². The fourth-order valence-corrected chi connectivity index (χ4v) is 3.18. The Morgan fingerprint density at radius 2 is 1.38 bits per heavy atom. The van der Waals surface area contributed by atoms with Crippen LogP contribution >= 0.6 is 0 Å². The highest BCUT2D eigenvalue weighted by Crippen LogP contribution is 2.43. The van der Waals surface area contributed by atoms with Gasteiger partial charge in [0.1, 0.15) is 16.9 Å². The number of phenols is 4. The maximum absolute atomic E-state index is 12.8. The van der Waals surface area contributed by atoms with Gasteiger partial charge in [0.05, 0.1) is 5.56 Å². The number of aromatic hydroxyl groups is 5. The lowest BCUT2D eigenvalue weighted by atomic mass is 9.99. The zero-order chi connectivity index (χ0) is 20.9. The number of aryl methyl sites for hydroxylation is 1. The molecule has 0 saturated heterocycles. The van der Waals surface area contributed by atoms with Crippen LogP contribution in [0.4, 0.5) is 0 Å². The van der Waals surface area contributed by atoms with Crippen molar-refractivity contribution in [2.45, 2.75) is 6.92 Å². The second kappa shape index (κ2) is 6.49. The molecule has 5 N–H and O–H groups in total. The lowest BCUT2D eigenvalue weighted by Gasteiger charge is -2.13. The van der Waals surface area contributed by atoms with E-state index in [1.54, 1.807) is 12.1 Å². The third-order valence-corrected chi connectivity index (χ3v) is 4.68. The van der Waals surface area contributed by atoms with E-state index in [0.717, 1.165) is 17.7 Å². The summed E-state index contributed by atoms with van der Waals surface area (Å²) in [6.07, 6.45) is 0. The van der Waals surface area contributed by atoms with Crippen molar-refractivity contribution in [3.05, 3.63) is 64.3 Å². The highest BCUT2D eigenvalue weighted by molar-refractivity contribution is 6.00. The summed E-state index contributed by atoms with van der Waals surface area (Å²) in [5.41, 5.74) is 0.771. The first kappa shape index (κ1) is 18.2. The van der Waals surface area contributed by atoms with Gasteiger partial charge < -0.3 is 29.9 Å². The van der Waals surface area contributed by atoms with Gasteiger partial charge in [0.15, 0.2) is 22.8 Å². The molecule has 29 heavy (non-hydrogen) atoms. The van der Waals surface area contributed by atoms with Crippen LogP contribution in [0, 0.1) is 6.92 Å². The molecule has 7 heteroatoms. The minimum absolute atomic E-state index is 0.120. The highest BCUT2D eigenvalue weighted by Gasteiger charge is 2.23. The highest BCUT2D eigenvalue weighted by atomic mass is 16.4. The van der Waals surface area contributed by atoms with E-state index >= 15 is 0 Å². The summed E-state index contributed by atoms with van der Waals surface area (Å²) in [5, 5.41) is 50.0. The molecule has 4 aromatic rings. The fourth-order valence-electron chi connectivity index (χ4n) is 3.18.